The van der Waals surface area contributed by atoms with E-state index in [1.54, 1.807) is 22.9 Å². The molecule has 34 heavy (non-hydrogen) atoms. The van der Waals surface area contributed by atoms with Gasteiger partial charge >= 0.3 is 6.03 Å². The van der Waals surface area contributed by atoms with Crippen molar-refractivity contribution in [3.05, 3.63) is 78.1 Å². The lowest BCUT2D eigenvalue weighted by atomic mass is 10.0. The highest BCUT2D eigenvalue weighted by atomic mass is 19.1. The normalized spacial score (nSPS) is 18.1. The number of aliphatic hydroxyl groups excluding tert-OH is 1. The molecule has 1 fully saturated rings. The van der Waals surface area contributed by atoms with Crippen molar-refractivity contribution in [1.29, 1.82) is 0 Å². The Morgan fingerprint density at radius 1 is 1.21 bits per heavy atom. The van der Waals surface area contributed by atoms with Gasteiger partial charge in [-0.1, -0.05) is 46.9 Å². The van der Waals surface area contributed by atoms with E-state index in [-0.39, 0.29) is 29.9 Å². The lowest BCUT2D eigenvalue weighted by Crippen LogP contribution is -2.49. The summed E-state index contributed by atoms with van der Waals surface area (Å²) in [7, 11) is 1.73. The molecule has 1 aromatic rings. The van der Waals surface area contributed by atoms with Crippen LogP contribution in [0.5, 0.6) is 0 Å². The molecule has 5 nitrogen and oxygen atoms in total. The monoisotopic (exact) mass is 476 g/mol. The average molecular weight is 477 g/mol. The summed E-state index contributed by atoms with van der Waals surface area (Å²) in [5, 5.41) is 9.81. The summed E-state index contributed by atoms with van der Waals surface area (Å²) in [6.45, 7) is 16.7. The van der Waals surface area contributed by atoms with Crippen LogP contribution in [0.25, 0.3) is 5.57 Å². The lowest BCUT2D eigenvalue weighted by molar-refractivity contribution is 0.0469. The van der Waals surface area contributed by atoms with Crippen molar-refractivity contribution >= 4 is 11.6 Å². The van der Waals surface area contributed by atoms with Crippen LogP contribution in [0, 0.1) is 11.6 Å². The van der Waals surface area contributed by atoms with E-state index in [9.17, 15) is 18.7 Å². The molecular formula is C27H38F2N2O3. The molecule has 1 unspecified atom stereocenters. The summed E-state index contributed by atoms with van der Waals surface area (Å²) >= 11 is 0. The first kappa shape index (κ1) is 29.1. The van der Waals surface area contributed by atoms with Gasteiger partial charge in [0, 0.05) is 38.4 Å². The van der Waals surface area contributed by atoms with Gasteiger partial charge < -0.3 is 19.6 Å². The largest absolute Gasteiger partial charge is 0.508 e. The number of ether oxygens (including phenoxy) is 1. The molecule has 3 rings (SSSR count). The van der Waals surface area contributed by atoms with E-state index in [4.69, 9.17) is 4.74 Å². The number of amides is 2. The lowest BCUT2D eigenvalue weighted by Gasteiger charge is -2.36. The number of carbonyl (C=O) groups excluding carboxylic acids is 1. The third-order valence-corrected chi connectivity index (χ3v) is 5.52. The molecule has 2 amide bonds. The van der Waals surface area contributed by atoms with Crippen LogP contribution < -0.4 is 0 Å². The standard InChI is InChI=1S/C23H26F2N2O3.2C2H6/c1-4-19(28)11-15(2)22-12-16(20-13-17(24)5-6-21(20)25)14-27(22)23(29)26(3)18-7-9-30-10-8-18;2*1-2/h4-6,11-13,18,22,28H,1-2,7-10,14H2,3H3;2*1-2H3/b19-11+;;. The molecule has 0 radical (unpaired) electrons. The summed E-state index contributed by atoms with van der Waals surface area (Å²) in [5.74, 6) is -1.22. The van der Waals surface area contributed by atoms with Gasteiger partial charge in [0.1, 0.15) is 17.4 Å². The molecular weight excluding hydrogens is 438 g/mol. The van der Waals surface area contributed by atoms with E-state index in [1.807, 2.05) is 27.7 Å². The number of carbonyl (C=O) groups is 1. The first-order valence-corrected chi connectivity index (χ1v) is 11.8. The maximum Gasteiger partial charge on any atom is 0.321 e. The maximum absolute atomic E-state index is 14.4. The van der Waals surface area contributed by atoms with E-state index < -0.39 is 17.7 Å². The minimum Gasteiger partial charge on any atom is -0.508 e. The maximum atomic E-state index is 14.4. The van der Waals surface area contributed by atoms with E-state index >= 15 is 0 Å². The summed E-state index contributed by atoms with van der Waals surface area (Å²) in [6, 6.07) is 2.41. The Bertz CT molecular complexity index is 905. The van der Waals surface area contributed by atoms with Crippen molar-refractivity contribution in [2.24, 2.45) is 0 Å². The molecule has 2 aliphatic rings. The molecule has 1 aromatic carbocycles. The van der Waals surface area contributed by atoms with Crippen molar-refractivity contribution < 1.29 is 23.4 Å². The minimum atomic E-state index is -0.612. The number of halogens is 2. The van der Waals surface area contributed by atoms with Gasteiger partial charge in [0.25, 0.3) is 0 Å². The van der Waals surface area contributed by atoms with Gasteiger partial charge in [0.15, 0.2) is 0 Å². The van der Waals surface area contributed by atoms with Crippen molar-refractivity contribution in [2.75, 3.05) is 26.8 Å². The van der Waals surface area contributed by atoms with Crippen molar-refractivity contribution in [3.8, 4) is 0 Å². The molecule has 2 aliphatic heterocycles. The number of allylic oxidation sites excluding steroid dienone is 1. The molecule has 0 bridgehead atoms. The van der Waals surface area contributed by atoms with Crippen LogP contribution in [-0.2, 0) is 4.74 Å². The van der Waals surface area contributed by atoms with Gasteiger partial charge in [-0.3, -0.25) is 0 Å². The van der Waals surface area contributed by atoms with Crippen LogP contribution in [0.4, 0.5) is 13.6 Å². The predicted molar refractivity (Wildman–Crippen MR) is 135 cm³/mol. The number of aliphatic hydroxyl groups is 1. The van der Waals surface area contributed by atoms with Crippen LogP contribution in [0.2, 0.25) is 0 Å². The van der Waals surface area contributed by atoms with Crippen LogP contribution >= 0.6 is 0 Å². The Balaban J connectivity index is 0.00000137. The molecule has 7 heteroatoms. The second-order valence-electron chi connectivity index (χ2n) is 7.47. The topological polar surface area (TPSA) is 53.0 Å². The summed E-state index contributed by atoms with van der Waals surface area (Å²) in [6.07, 6.45) is 5.82. The fourth-order valence-electron chi connectivity index (χ4n) is 3.79. The van der Waals surface area contributed by atoms with E-state index in [2.05, 4.69) is 13.2 Å². The van der Waals surface area contributed by atoms with E-state index in [0.29, 0.717) is 24.4 Å². The molecule has 1 saturated heterocycles. The van der Waals surface area contributed by atoms with Crippen molar-refractivity contribution in [3.63, 3.8) is 0 Å². The third kappa shape index (κ3) is 7.29. The Hall–Kier alpha value is -2.93. The number of benzene rings is 1. The van der Waals surface area contributed by atoms with Gasteiger partial charge in [-0.2, -0.15) is 0 Å². The molecule has 2 heterocycles. The van der Waals surface area contributed by atoms with Gasteiger partial charge in [0.2, 0.25) is 0 Å². The Labute approximate surface area is 202 Å². The number of urea groups is 1. The zero-order valence-electron chi connectivity index (χ0n) is 21.0. The molecule has 0 aliphatic carbocycles. The average Bonchev–Trinajstić information content (AvgIpc) is 3.33. The van der Waals surface area contributed by atoms with Crippen molar-refractivity contribution in [1.82, 2.24) is 9.80 Å². The number of hydrogen-bond donors (Lipinski definition) is 1. The highest BCUT2D eigenvalue weighted by Gasteiger charge is 2.35. The number of rotatable bonds is 5. The van der Waals surface area contributed by atoms with Gasteiger partial charge in [-0.25, -0.2) is 13.6 Å². The first-order valence-electron chi connectivity index (χ1n) is 11.8. The van der Waals surface area contributed by atoms with Crippen LogP contribution in [0.15, 0.2) is 60.9 Å². The SMILES string of the molecule is C=C/C(O)=C\C(=C)C1C=C(c2cc(F)ccc2F)CN1C(=O)N(C)C1CCOCC1.CC.CC. The number of nitrogens with zero attached hydrogens (tertiary/aromatic N) is 2. The summed E-state index contributed by atoms with van der Waals surface area (Å²) in [4.78, 5) is 16.5. The second-order valence-corrected chi connectivity index (χ2v) is 7.47. The second kappa shape index (κ2) is 14.4. The molecule has 188 valence electrons. The number of hydrogen-bond acceptors (Lipinski definition) is 3. The van der Waals surface area contributed by atoms with Crippen LogP contribution in [0.3, 0.4) is 0 Å². The summed E-state index contributed by atoms with van der Waals surface area (Å²) < 4.78 is 33.5. The zero-order valence-corrected chi connectivity index (χ0v) is 21.0. The fraction of sp³-hybridized carbons (Fsp3) is 0.444. The minimum absolute atomic E-state index is 0.0345. The van der Waals surface area contributed by atoms with Crippen LogP contribution in [0.1, 0.15) is 46.1 Å². The molecule has 1 atom stereocenters. The highest BCUT2D eigenvalue weighted by Crippen LogP contribution is 2.32. The fourth-order valence-corrected chi connectivity index (χ4v) is 3.79. The highest BCUT2D eigenvalue weighted by molar-refractivity contribution is 5.83. The van der Waals surface area contributed by atoms with Crippen LogP contribution in [-0.4, -0.2) is 59.8 Å². The quantitative estimate of drug-likeness (QED) is 0.390. The van der Waals surface area contributed by atoms with Crippen molar-refractivity contribution in [2.45, 2.75) is 52.6 Å². The Kier molecular flexibility index (Phi) is 12.3. The third-order valence-electron chi connectivity index (χ3n) is 5.52. The van der Waals surface area contributed by atoms with Gasteiger partial charge in [-0.05, 0) is 54.3 Å². The zero-order chi connectivity index (χ0) is 25.8. The molecule has 0 spiro atoms. The Morgan fingerprint density at radius 2 is 1.82 bits per heavy atom. The summed E-state index contributed by atoms with van der Waals surface area (Å²) in [5.41, 5.74) is 1.03. The van der Waals surface area contributed by atoms with Gasteiger partial charge in [0.05, 0.1) is 6.04 Å². The van der Waals surface area contributed by atoms with Gasteiger partial charge in [-0.15, -0.1) is 0 Å². The van der Waals surface area contributed by atoms with E-state index in [0.717, 1.165) is 31.0 Å². The molecule has 0 saturated carbocycles. The molecule has 0 aromatic heterocycles. The Morgan fingerprint density at radius 3 is 2.41 bits per heavy atom. The first-order chi connectivity index (χ1) is 16.3. The van der Waals surface area contributed by atoms with E-state index in [1.165, 1.54) is 12.2 Å². The predicted octanol–water partition coefficient (Wildman–Crippen LogP) is 6.50. The molecule has 1 N–H and O–H groups in total. The smallest absolute Gasteiger partial charge is 0.321 e.